The first-order valence-electron chi connectivity index (χ1n) is 18.4. The van der Waals surface area contributed by atoms with Crippen molar-refractivity contribution in [3.05, 3.63) is 72.6 Å². The number of methoxy groups -OCH3 is 2. The highest BCUT2D eigenvalue weighted by atomic mass is 16.5. The van der Waals surface area contributed by atoms with Crippen molar-refractivity contribution in [2.75, 3.05) is 34.0 Å². The van der Waals surface area contributed by atoms with Crippen LogP contribution in [0.15, 0.2) is 60.9 Å². The fourth-order valence-corrected chi connectivity index (χ4v) is 6.91. The number of nitrogens with zero attached hydrogens (tertiary/aromatic N) is 3. The summed E-state index contributed by atoms with van der Waals surface area (Å²) in [5.74, 6) is 0.851. The number of rotatable bonds is 8. The molecule has 4 heterocycles. The number of hydrogen-bond donors (Lipinski definition) is 5. The number of carbonyl (C=O) groups is 4. The topological polar surface area (TPSA) is 193 Å². The Kier molecular flexibility index (Phi) is 12.6. The second-order valence-electron chi connectivity index (χ2n) is 13.6. The third kappa shape index (κ3) is 9.26. The first kappa shape index (κ1) is 38.0. The van der Waals surface area contributed by atoms with Gasteiger partial charge >= 0.3 is 12.2 Å². The van der Waals surface area contributed by atoms with Gasteiger partial charge in [-0.05, 0) is 61.3 Å². The van der Waals surface area contributed by atoms with Gasteiger partial charge in [-0.2, -0.15) is 0 Å². The molecule has 2 aromatic heterocycles. The first-order chi connectivity index (χ1) is 26.2. The number of hydrogen-bond acceptors (Lipinski definition) is 9. The highest BCUT2D eigenvalue weighted by Gasteiger charge is 2.35. The zero-order chi connectivity index (χ0) is 38.0. The number of ether oxygens (including phenoxy) is 3. The lowest BCUT2D eigenvalue weighted by Gasteiger charge is -2.26. The van der Waals surface area contributed by atoms with Crippen LogP contribution in [-0.2, 0) is 23.8 Å². The summed E-state index contributed by atoms with van der Waals surface area (Å²) in [6.45, 7) is 3.34. The Morgan fingerprint density at radius 2 is 1.39 bits per heavy atom. The van der Waals surface area contributed by atoms with Crippen molar-refractivity contribution < 1.29 is 33.4 Å². The number of amides is 4. The van der Waals surface area contributed by atoms with Crippen LogP contribution in [0.25, 0.3) is 33.6 Å². The number of benzene rings is 2. The molecule has 4 aromatic rings. The standard InChI is InChI=1S/C39H48N8O7/c1-24(42-38(50)52-2)37(49)47-19-7-9-33(47)35-41-23-32(44-35)28-16-12-26(13-17-28)25-10-14-27(15-11-25)31-22-40-34(43-31)29-18-21-54-20-6-4-5-8-30(36(48)45-29)46-39(51)53-3/h10-17,22-24,29-30,33H,4-9,18-21H2,1-3H3,(H,40,43)(H,41,44)(H,42,50)(H,45,48)(H,46,51)/t24-,29+,30+,33+/m1/s1. The minimum atomic E-state index is -0.710. The number of alkyl carbamates (subject to hydrolysis) is 2. The number of nitrogens with one attached hydrogen (secondary N) is 5. The van der Waals surface area contributed by atoms with E-state index in [1.54, 1.807) is 24.2 Å². The molecule has 0 saturated carbocycles. The Labute approximate surface area is 314 Å². The smallest absolute Gasteiger partial charge is 0.407 e. The molecule has 2 aromatic carbocycles. The molecule has 15 heteroatoms. The van der Waals surface area contributed by atoms with E-state index in [-0.39, 0.29) is 17.9 Å². The molecular formula is C39H48N8O7. The molecule has 15 nitrogen and oxygen atoms in total. The molecule has 2 aliphatic rings. The number of carbonyl (C=O) groups excluding carboxylic acids is 4. The number of aromatic nitrogens is 4. The Bertz CT molecular complexity index is 1890. The quantitative estimate of drug-likeness (QED) is 0.157. The number of likely N-dealkylation sites (tertiary alicyclic amines) is 1. The van der Waals surface area contributed by atoms with E-state index in [0.29, 0.717) is 44.2 Å². The Balaban J connectivity index is 1.10. The van der Waals surface area contributed by atoms with Gasteiger partial charge in [0.05, 0.1) is 50.1 Å². The van der Waals surface area contributed by atoms with Gasteiger partial charge in [0, 0.05) is 19.8 Å². The third-order valence-corrected chi connectivity index (χ3v) is 9.93. The van der Waals surface area contributed by atoms with Gasteiger partial charge in [-0.3, -0.25) is 9.59 Å². The molecule has 6 rings (SSSR count). The summed E-state index contributed by atoms with van der Waals surface area (Å²) in [7, 11) is 2.55. The van der Waals surface area contributed by atoms with Crippen molar-refractivity contribution in [1.29, 1.82) is 0 Å². The van der Waals surface area contributed by atoms with Gasteiger partial charge in [0.2, 0.25) is 11.8 Å². The molecule has 2 saturated heterocycles. The average molecular weight is 741 g/mol. The molecule has 54 heavy (non-hydrogen) atoms. The minimum absolute atomic E-state index is 0.177. The average Bonchev–Trinajstić information content (AvgIpc) is 3.99. The molecule has 0 unspecified atom stereocenters. The predicted molar refractivity (Wildman–Crippen MR) is 200 cm³/mol. The monoisotopic (exact) mass is 740 g/mol. The van der Waals surface area contributed by atoms with Gasteiger partial charge in [-0.25, -0.2) is 19.6 Å². The summed E-state index contributed by atoms with van der Waals surface area (Å²) < 4.78 is 15.2. The number of H-pyrrole nitrogens is 2. The molecule has 0 bridgehead atoms. The van der Waals surface area contributed by atoms with E-state index in [1.165, 1.54) is 14.2 Å². The molecule has 0 radical (unpaired) electrons. The van der Waals surface area contributed by atoms with Crippen molar-refractivity contribution in [1.82, 2.24) is 40.8 Å². The first-order valence-corrected chi connectivity index (χ1v) is 18.4. The minimum Gasteiger partial charge on any atom is -0.453 e. The van der Waals surface area contributed by atoms with Crippen molar-refractivity contribution in [2.45, 2.75) is 76.0 Å². The summed E-state index contributed by atoms with van der Waals surface area (Å²) >= 11 is 0. The maximum atomic E-state index is 13.3. The van der Waals surface area contributed by atoms with Crippen molar-refractivity contribution in [3.63, 3.8) is 0 Å². The number of imidazole rings is 2. The van der Waals surface area contributed by atoms with E-state index in [1.807, 2.05) is 24.3 Å². The van der Waals surface area contributed by atoms with Gasteiger partial charge < -0.3 is 45.0 Å². The van der Waals surface area contributed by atoms with Gasteiger partial charge in [0.25, 0.3) is 0 Å². The maximum absolute atomic E-state index is 13.3. The Hall–Kier alpha value is -5.70. The van der Waals surface area contributed by atoms with E-state index in [0.717, 1.165) is 65.7 Å². The van der Waals surface area contributed by atoms with Crippen LogP contribution >= 0.6 is 0 Å². The summed E-state index contributed by atoms with van der Waals surface area (Å²) in [6, 6.07) is 14.3. The van der Waals surface area contributed by atoms with Crippen LogP contribution in [0.1, 0.15) is 75.6 Å². The van der Waals surface area contributed by atoms with E-state index < -0.39 is 30.3 Å². The molecule has 0 spiro atoms. The maximum Gasteiger partial charge on any atom is 0.407 e. The van der Waals surface area contributed by atoms with Gasteiger partial charge in [0.1, 0.15) is 23.7 Å². The second-order valence-corrected chi connectivity index (χ2v) is 13.6. The third-order valence-electron chi connectivity index (χ3n) is 9.93. The molecule has 4 amide bonds. The van der Waals surface area contributed by atoms with Gasteiger partial charge in [0.15, 0.2) is 0 Å². The van der Waals surface area contributed by atoms with Crippen LogP contribution in [0.4, 0.5) is 9.59 Å². The lowest BCUT2D eigenvalue weighted by molar-refractivity contribution is -0.134. The van der Waals surface area contributed by atoms with Crippen LogP contribution in [0, 0.1) is 0 Å². The molecule has 2 fully saturated rings. The fourth-order valence-electron chi connectivity index (χ4n) is 6.91. The summed E-state index contributed by atoms with van der Waals surface area (Å²) in [6.07, 6.45) is 7.46. The predicted octanol–water partition coefficient (Wildman–Crippen LogP) is 5.40. The normalized spacial score (nSPS) is 20.2. The van der Waals surface area contributed by atoms with E-state index in [4.69, 9.17) is 9.47 Å². The van der Waals surface area contributed by atoms with Gasteiger partial charge in [-0.15, -0.1) is 0 Å². The summed E-state index contributed by atoms with van der Waals surface area (Å²) in [5, 5.41) is 8.27. The van der Waals surface area contributed by atoms with Crippen molar-refractivity contribution in [2.24, 2.45) is 0 Å². The highest BCUT2D eigenvalue weighted by Crippen LogP contribution is 2.33. The number of aromatic amines is 2. The SMILES string of the molecule is COC(=O)N[C@H]1CCCCCOCC[C@@H](c2ncc(-c3ccc(-c4ccc(-c5cnc([C@@H]6CCCN6C(=O)[C@@H](C)NC(=O)OC)[nH]5)cc4)cc3)[nH]2)NC1=O. The molecular weight excluding hydrogens is 692 g/mol. The Morgan fingerprint density at radius 3 is 2.04 bits per heavy atom. The highest BCUT2D eigenvalue weighted by molar-refractivity contribution is 5.86. The van der Waals surface area contributed by atoms with Crippen LogP contribution in [0.3, 0.4) is 0 Å². The Morgan fingerprint density at radius 1 is 0.778 bits per heavy atom. The fraction of sp³-hybridized carbons (Fsp3) is 0.436. The largest absolute Gasteiger partial charge is 0.453 e. The second kappa shape index (κ2) is 17.9. The molecule has 2 aliphatic heterocycles. The summed E-state index contributed by atoms with van der Waals surface area (Å²) in [5.41, 5.74) is 5.65. The summed E-state index contributed by atoms with van der Waals surface area (Å²) in [4.78, 5) is 67.7. The van der Waals surface area contributed by atoms with Crippen molar-refractivity contribution >= 4 is 24.0 Å². The van der Waals surface area contributed by atoms with Crippen molar-refractivity contribution in [3.8, 4) is 33.6 Å². The lowest BCUT2D eigenvalue weighted by atomic mass is 10.0. The van der Waals surface area contributed by atoms with E-state index in [9.17, 15) is 19.2 Å². The molecule has 4 atom stereocenters. The van der Waals surface area contributed by atoms with E-state index in [2.05, 4.69) is 64.9 Å². The molecule has 286 valence electrons. The molecule has 0 aliphatic carbocycles. The van der Waals surface area contributed by atoms with Crippen LogP contribution in [0.2, 0.25) is 0 Å². The lowest BCUT2D eigenvalue weighted by Crippen LogP contribution is -2.48. The van der Waals surface area contributed by atoms with Gasteiger partial charge in [-0.1, -0.05) is 61.4 Å². The molecule has 5 N–H and O–H groups in total. The zero-order valence-corrected chi connectivity index (χ0v) is 30.9. The van der Waals surface area contributed by atoms with Crippen LogP contribution in [-0.4, -0.2) is 94.9 Å². The van der Waals surface area contributed by atoms with Crippen LogP contribution < -0.4 is 16.0 Å². The van der Waals surface area contributed by atoms with Crippen LogP contribution in [0.5, 0.6) is 0 Å². The van der Waals surface area contributed by atoms with E-state index >= 15 is 0 Å². The zero-order valence-electron chi connectivity index (χ0n) is 30.9.